The molecule has 0 aliphatic carbocycles. The average molecular weight is 280 g/mol. The molecule has 1 fully saturated rings. The third-order valence-corrected chi connectivity index (χ3v) is 3.80. The van der Waals surface area contributed by atoms with Gasteiger partial charge in [-0.2, -0.15) is 4.98 Å². The SMILES string of the molecule is CCN1CCCC(Nc2nc3ccc(Cl)cn3n2)C1. The van der Waals surface area contributed by atoms with E-state index in [4.69, 9.17) is 11.6 Å². The van der Waals surface area contributed by atoms with E-state index in [-0.39, 0.29) is 0 Å². The molecule has 1 saturated heterocycles. The van der Waals surface area contributed by atoms with Crippen LogP contribution in [0.4, 0.5) is 5.95 Å². The van der Waals surface area contributed by atoms with Crippen molar-refractivity contribution >= 4 is 23.2 Å². The summed E-state index contributed by atoms with van der Waals surface area (Å²) in [4.78, 5) is 6.91. The van der Waals surface area contributed by atoms with Crippen molar-refractivity contribution < 1.29 is 0 Å². The number of fused-ring (bicyclic) bond motifs is 1. The second-order valence-corrected chi connectivity index (χ2v) is 5.40. The molecule has 0 spiro atoms. The summed E-state index contributed by atoms with van der Waals surface area (Å²) in [5.41, 5.74) is 0.815. The second-order valence-electron chi connectivity index (χ2n) is 4.96. The van der Waals surface area contributed by atoms with Gasteiger partial charge < -0.3 is 10.2 Å². The molecule has 1 aliphatic rings. The summed E-state index contributed by atoms with van der Waals surface area (Å²) in [6, 6.07) is 4.13. The number of hydrogen-bond acceptors (Lipinski definition) is 4. The van der Waals surface area contributed by atoms with Gasteiger partial charge in [0.1, 0.15) is 0 Å². The molecule has 1 aliphatic heterocycles. The number of pyridine rings is 1. The predicted molar refractivity (Wildman–Crippen MR) is 76.8 cm³/mol. The molecule has 19 heavy (non-hydrogen) atoms. The highest BCUT2D eigenvalue weighted by molar-refractivity contribution is 6.30. The van der Waals surface area contributed by atoms with Crippen LogP contribution in [0.2, 0.25) is 5.02 Å². The van der Waals surface area contributed by atoms with Crippen molar-refractivity contribution in [1.82, 2.24) is 19.5 Å². The fourth-order valence-corrected chi connectivity index (χ4v) is 2.72. The zero-order chi connectivity index (χ0) is 13.2. The summed E-state index contributed by atoms with van der Waals surface area (Å²) in [5.74, 6) is 0.685. The van der Waals surface area contributed by atoms with Gasteiger partial charge in [-0.05, 0) is 38.1 Å². The summed E-state index contributed by atoms with van der Waals surface area (Å²) in [5, 5.41) is 8.50. The van der Waals surface area contributed by atoms with E-state index >= 15 is 0 Å². The second kappa shape index (κ2) is 5.35. The van der Waals surface area contributed by atoms with Gasteiger partial charge in [-0.1, -0.05) is 18.5 Å². The molecule has 0 amide bonds. The number of nitrogens with zero attached hydrogens (tertiary/aromatic N) is 4. The van der Waals surface area contributed by atoms with Crippen LogP contribution in [0.5, 0.6) is 0 Å². The molecule has 1 N–H and O–H groups in total. The lowest BCUT2D eigenvalue weighted by atomic mass is 10.1. The summed E-state index contributed by atoms with van der Waals surface area (Å²) in [7, 11) is 0. The molecule has 0 radical (unpaired) electrons. The molecule has 102 valence electrons. The molecule has 2 aromatic rings. The van der Waals surface area contributed by atoms with Gasteiger partial charge >= 0.3 is 0 Å². The fraction of sp³-hybridized carbons (Fsp3) is 0.538. The van der Waals surface area contributed by atoms with Crippen LogP contribution in [0.25, 0.3) is 5.65 Å². The summed E-state index contributed by atoms with van der Waals surface area (Å²) >= 11 is 5.94. The van der Waals surface area contributed by atoms with E-state index in [1.807, 2.05) is 12.1 Å². The lowest BCUT2D eigenvalue weighted by Crippen LogP contribution is -2.42. The molecule has 5 nitrogen and oxygen atoms in total. The molecule has 0 bridgehead atoms. The van der Waals surface area contributed by atoms with Crippen molar-refractivity contribution in [3.8, 4) is 0 Å². The first-order valence-corrected chi connectivity index (χ1v) is 7.13. The largest absolute Gasteiger partial charge is 0.349 e. The Labute approximate surface area is 117 Å². The average Bonchev–Trinajstić information content (AvgIpc) is 2.80. The van der Waals surface area contributed by atoms with Gasteiger partial charge in [0.25, 0.3) is 0 Å². The zero-order valence-corrected chi connectivity index (χ0v) is 11.8. The van der Waals surface area contributed by atoms with Gasteiger partial charge in [0.2, 0.25) is 5.95 Å². The first kappa shape index (κ1) is 12.7. The Morgan fingerprint density at radius 2 is 2.37 bits per heavy atom. The number of piperidine rings is 1. The van der Waals surface area contributed by atoms with Gasteiger partial charge in [0.15, 0.2) is 5.65 Å². The molecule has 2 aromatic heterocycles. The highest BCUT2D eigenvalue weighted by atomic mass is 35.5. The monoisotopic (exact) mass is 279 g/mol. The first-order valence-electron chi connectivity index (χ1n) is 6.75. The molecular formula is C13H18ClN5. The Hall–Kier alpha value is -1.33. The van der Waals surface area contributed by atoms with E-state index in [0.717, 1.165) is 18.7 Å². The van der Waals surface area contributed by atoms with Crippen molar-refractivity contribution in [2.75, 3.05) is 25.0 Å². The molecule has 6 heteroatoms. The van der Waals surface area contributed by atoms with Crippen LogP contribution < -0.4 is 5.32 Å². The highest BCUT2D eigenvalue weighted by Crippen LogP contribution is 2.15. The maximum atomic E-state index is 5.94. The lowest BCUT2D eigenvalue weighted by molar-refractivity contribution is 0.226. The Morgan fingerprint density at radius 3 is 3.21 bits per heavy atom. The number of aromatic nitrogens is 3. The number of anilines is 1. The number of likely N-dealkylation sites (N-methyl/N-ethyl adjacent to an activating group) is 1. The predicted octanol–water partition coefficient (Wildman–Crippen LogP) is 2.28. The quantitative estimate of drug-likeness (QED) is 0.936. The third-order valence-electron chi connectivity index (χ3n) is 3.58. The van der Waals surface area contributed by atoms with Gasteiger partial charge in [-0.3, -0.25) is 0 Å². The van der Waals surface area contributed by atoms with E-state index in [0.29, 0.717) is 17.0 Å². The molecular weight excluding hydrogens is 262 g/mol. The first-order chi connectivity index (χ1) is 9.24. The highest BCUT2D eigenvalue weighted by Gasteiger charge is 2.19. The Bertz CT molecular complexity index is 567. The maximum Gasteiger partial charge on any atom is 0.243 e. The summed E-state index contributed by atoms with van der Waals surface area (Å²) in [6.45, 7) is 5.57. The van der Waals surface area contributed by atoms with Crippen molar-refractivity contribution in [2.24, 2.45) is 0 Å². The molecule has 1 unspecified atom stereocenters. The van der Waals surface area contributed by atoms with Crippen molar-refractivity contribution in [3.63, 3.8) is 0 Å². The van der Waals surface area contributed by atoms with E-state index in [9.17, 15) is 0 Å². The molecule has 1 atom stereocenters. The normalized spacial score (nSPS) is 20.8. The molecule has 0 aromatic carbocycles. The number of halogens is 1. The van der Waals surface area contributed by atoms with Crippen LogP contribution in [0, 0.1) is 0 Å². The Morgan fingerprint density at radius 1 is 1.47 bits per heavy atom. The van der Waals surface area contributed by atoms with Gasteiger partial charge in [0.05, 0.1) is 5.02 Å². The van der Waals surface area contributed by atoms with Gasteiger partial charge in [-0.15, -0.1) is 5.10 Å². The van der Waals surface area contributed by atoms with Crippen LogP contribution in [0.15, 0.2) is 18.3 Å². The van der Waals surface area contributed by atoms with Crippen LogP contribution in [0.1, 0.15) is 19.8 Å². The number of rotatable bonds is 3. The Kier molecular flexibility index (Phi) is 3.57. The maximum absolute atomic E-state index is 5.94. The number of likely N-dealkylation sites (tertiary alicyclic amines) is 1. The van der Waals surface area contributed by atoms with E-state index < -0.39 is 0 Å². The van der Waals surface area contributed by atoms with E-state index in [1.54, 1.807) is 10.7 Å². The van der Waals surface area contributed by atoms with Crippen LogP contribution in [0.3, 0.4) is 0 Å². The standard InChI is InChI=1S/C13H18ClN5/c1-2-18-7-3-4-11(9-18)15-13-16-12-6-5-10(14)8-19(12)17-13/h5-6,8,11H,2-4,7,9H2,1H3,(H,15,17). The van der Waals surface area contributed by atoms with Crippen molar-refractivity contribution in [3.05, 3.63) is 23.4 Å². The summed E-state index contributed by atoms with van der Waals surface area (Å²) in [6.07, 6.45) is 4.17. The molecule has 3 rings (SSSR count). The number of hydrogen-bond donors (Lipinski definition) is 1. The summed E-state index contributed by atoms with van der Waals surface area (Å²) < 4.78 is 1.71. The smallest absolute Gasteiger partial charge is 0.243 e. The van der Waals surface area contributed by atoms with Crippen molar-refractivity contribution in [2.45, 2.75) is 25.8 Å². The fourth-order valence-electron chi connectivity index (χ4n) is 2.56. The molecule has 3 heterocycles. The topological polar surface area (TPSA) is 45.5 Å². The van der Waals surface area contributed by atoms with Crippen molar-refractivity contribution in [1.29, 1.82) is 0 Å². The van der Waals surface area contributed by atoms with Gasteiger partial charge in [0, 0.05) is 18.8 Å². The molecule has 0 saturated carbocycles. The lowest BCUT2D eigenvalue weighted by Gasteiger charge is -2.31. The van der Waals surface area contributed by atoms with Crippen LogP contribution in [-0.4, -0.2) is 45.2 Å². The van der Waals surface area contributed by atoms with E-state index in [2.05, 4.69) is 27.2 Å². The third kappa shape index (κ3) is 2.82. The number of nitrogens with one attached hydrogen (secondary N) is 1. The zero-order valence-electron chi connectivity index (χ0n) is 11.0. The Balaban J connectivity index is 1.74. The minimum absolute atomic E-state index is 0.432. The minimum atomic E-state index is 0.432. The van der Waals surface area contributed by atoms with Gasteiger partial charge in [-0.25, -0.2) is 4.52 Å². The minimum Gasteiger partial charge on any atom is -0.349 e. The van der Waals surface area contributed by atoms with Crippen LogP contribution in [-0.2, 0) is 0 Å². The van der Waals surface area contributed by atoms with Crippen LogP contribution >= 0.6 is 11.6 Å². The van der Waals surface area contributed by atoms with E-state index in [1.165, 1.54) is 19.4 Å².